The fraction of sp³-hybridized carbons (Fsp3) is 1.00. The molecule has 0 unspecified atom stereocenters. The van der Waals surface area contributed by atoms with Crippen molar-refractivity contribution < 1.29 is 21.5 Å². The Hall–Kier alpha value is 0.880. The number of likely N-dealkylation sites (N-methyl/N-ethyl adjacent to an activating group) is 1. The average molecular weight is 265 g/mol. The number of rotatable bonds is 2. The van der Waals surface area contributed by atoms with Gasteiger partial charge in [-0.15, -0.1) is 17.0 Å². The molecule has 0 atom stereocenters. The molecule has 0 aliphatic carbocycles. The second kappa shape index (κ2) is 6.99. The van der Waals surface area contributed by atoms with Gasteiger partial charge in [0, 0.05) is 6.54 Å². The molecule has 9 heavy (non-hydrogen) atoms. The summed E-state index contributed by atoms with van der Waals surface area (Å²) in [6.45, 7) is 1.84. The molecule has 0 heterocycles. The SMILES string of the molecule is Br.C[N+](C)(C)CC[15NH2].[Br-]. The Kier molecular flexibility index (Phi) is 12.8. The average Bonchev–Trinajstić information content (AvgIpc) is 1.30. The Labute approximate surface area is 78.5 Å². The summed E-state index contributed by atoms with van der Waals surface area (Å²) < 4.78 is 0.969. The van der Waals surface area contributed by atoms with Crippen molar-refractivity contribution in [1.29, 1.82) is 0 Å². The third-order valence-corrected chi connectivity index (χ3v) is 0.800. The van der Waals surface area contributed by atoms with Gasteiger partial charge in [-0.1, -0.05) is 0 Å². The predicted octanol–water partition coefficient (Wildman–Crippen LogP) is -2.77. The molecule has 2 N–H and O–H groups in total. The molecule has 0 saturated heterocycles. The first-order chi connectivity index (χ1) is 3.06. The van der Waals surface area contributed by atoms with Crippen LogP contribution in [0.15, 0.2) is 0 Å². The predicted molar refractivity (Wildman–Crippen MR) is 42.3 cm³/mol. The first-order valence-electron chi connectivity index (χ1n) is 2.57. The van der Waals surface area contributed by atoms with Crippen LogP contribution in [0.2, 0.25) is 0 Å². The van der Waals surface area contributed by atoms with Crippen LogP contribution in [0.5, 0.6) is 0 Å². The van der Waals surface area contributed by atoms with E-state index in [0.717, 1.165) is 17.6 Å². The molecule has 0 radical (unpaired) electrons. The Bertz CT molecular complexity index is 51.4. The molecule has 0 aromatic heterocycles. The maximum atomic E-state index is 5.30. The molecule has 0 aliphatic heterocycles. The molecule has 0 spiro atoms. The third-order valence-electron chi connectivity index (χ3n) is 0.800. The fourth-order valence-electron chi connectivity index (χ4n) is 0.387. The van der Waals surface area contributed by atoms with E-state index in [2.05, 4.69) is 21.1 Å². The van der Waals surface area contributed by atoms with E-state index in [9.17, 15) is 0 Å². The number of hydrogen-bond acceptors (Lipinski definition) is 1. The summed E-state index contributed by atoms with van der Waals surface area (Å²) >= 11 is 0. The lowest BCUT2D eigenvalue weighted by Gasteiger charge is -2.22. The Morgan fingerprint density at radius 3 is 1.56 bits per heavy atom. The standard InChI is InChI=1S/C5H15N2.2BrH/c1-7(2,3)5-4-6;;/h4-6H2,1-3H3;2*1H/q+1;;/p-1/i6+1;;. The van der Waals surface area contributed by atoms with Crippen molar-refractivity contribution in [3.05, 3.63) is 0 Å². The van der Waals surface area contributed by atoms with Gasteiger partial charge in [0.25, 0.3) is 0 Å². The van der Waals surface area contributed by atoms with Crippen molar-refractivity contribution in [3.8, 4) is 0 Å². The lowest BCUT2D eigenvalue weighted by Crippen LogP contribution is -3.00. The van der Waals surface area contributed by atoms with Gasteiger partial charge in [-0.2, -0.15) is 0 Å². The number of halogens is 2. The van der Waals surface area contributed by atoms with Crippen molar-refractivity contribution in [2.24, 2.45) is 5.73 Å². The van der Waals surface area contributed by atoms with Crippen LogP contribution in [0.25, 0.3) is 0 Å². The van der Waals surface area contributed by atoms with E-state index in [4.69, 9.17) is 5.73 Å². The number of nitrogens with two attached hydrogens (primary N) is 1. The smallest absolute Gasteiger partial charge is 0.0905 e. The summed E-state index contributed by atoms with van der Waals surface area (Å²) in [5.74, 6) is 0. The van der Waals surface area contributed by atoms with E-state index in [0.29, 0.717) is 0 Å². The van der Waals surface area contributed by atoms with Gasteiger partial charge < -0.3 is 27.2 Å². The van der Waals surface area contributed by atoms with E-state index in [1.165, 1.54) is 0 Å². The zero-order chi connectivity index (χ0) is 5.91. The summed E-state index contributed by atoms with van der Waals surface area (Å²) in [5, 5.41) is 0. The molecule has 60 valence electrons. The minimum Gasteiger partial charge on any atom is -1.00 e. The van der Waals surface area contributed by atoms with Crippen LogP contribution < -0.4 is 22.7 Å². The van der Waals surface area contributed by atoms with Crippen LogP contribution in [0.1, 0.15) is 0 Å². The van der Waals surface area contributed by atoms with Gasteiger partial charge in [-0.3, -0.25) is 0 Å². The van der Waals surface area contributed by atoms with Crippen molar-refractivity contribution in [2.45, 2.75) is 0 Å². The molecule has 0 bridgehead atoms. The molecule has 4 heteroatoms. The Morgan fingerprint density at radius 1 is 1.22 bits per heavy atom. The van der Waals surface area contributed by atoms with Gasteiger partial charge in [-0.05, 0) is 0 Å². The molecular formula is C5H16Br2N2. The quantitative estimate of drug-likeness (QED) is 0.424. The zero-order valence-corrected chi connectivity index (χ0v) is 9.52. The summed E-state index contributed by atoms with van der Waals surface area (Å²) in [6.07, 6.45) is 0. The number of hydrogen-bond donors (Lipinski definition) is 1. The lowest BCUT2D eigenvalue weighted by atomic mass is 10.5. The van der Waals surface area contributed by atoms with Gasteiger partial charge in [0.2, 0.25) is 0 Å². The van der Waals surface area contributed by atoms with Crippen molar-refractivity contribution in [1.82, 2.24) is 0 Å². The van der Waals surface area contributed by atoms with E-state index in [1.54, 1.807) is 0 Å². The summed E-state index contributed by atoms with van der Waals surface area (Å²) in [6, 6.07) is 0. The summed E-state index contributed by atoms with van der Waals surface area (Å²) in [7, 11) is 6.40. The largest absolute Gasteiger partial charge is 1.00 e. The molecule has 0 aliphatic rings. The Balaban J connectivity index is -0.000000180. The minimum atomic E-state index is 0. The van der Waals surface area contributed by atoms with E-state index in [-0.39, 0.29) is 34.0 Å². The van der Waals surface area contributed by atoms with Crippen molar-refractivity contribution in [3.63, 3.8) is 0 Å². The fourth-order valence-corrected chi connectivity index (χ4v) is 0.387. The summed E-state index contributed by atoms with van der Waals surface area (Å²) in [5.41, 5.74) is 5.30. The second-order valence-corrected chi connectivity index (χ2v) is 2.80. The van der Waals surface area contributed by atoms with Gasteiger partial charge in [0.1, 0.15) is 0 Å². The molecule has 0 amide bonds. The highest BCUT2D eigenvalue weighted by Gasteiger charge is 2.01. The second-order valence-electron chi connectivity index (χ2n) is 2.80. The third kappa shape index (κ3) is 17.7. The number of quaternary nitrogens is 1. The van der Waals surface area contributed by atoms with Gasteiger partial charge in [0.05, 0.1) is 27.7 Å². The van der Waals surface area contributed by atoms with Gasteiger partial charge in [0.15, 0.2) is 0 Å². The molecule has 0 aromatic carbocycles. The van der Waals surface area contributed by atoms with Crippen LogP contribution >= 0.6 is 17.0 Å². The monoisotopic (exact) mass is 263 g/mol. The first kappa shape index (κ1) is 16.5. The van der Waals surface area contributed by atoms with Crippen LogP contribution in [0, 0.1) is 0 Å². The highest BCUT2D eigenvalue weighted by Crippen LogP contribution is 1.83. The molecule has 0 saturated carbocycles. The van der Waals surface area contributed by atoms with Gasteiger partial charge >= 0.3 is 0 Å². The Morgan fingerprint density at radius 2 is 1.56 bits per heavy atom. The number of nitrogens with zero attached hydrogens (tertiary/aromatic N) is 1. The van der Waals surface area contributed by atoms with Crippen LogP contribution in [-0.2, 0) is 0 Å². The zero-order valence-electron chi connectivity index (χ0n) is 6.22. The molecule has 0 fully saturated rings. The maximum absolute atomic E-state index is 5.30. The molecule has 0 rings (SSSR count). The van der Waals surface area contributed by atoms with Crippen LogP contribution in [-0.4, -0.2) is 38.7 Å². The van der Waals surface area contributed by atoms with E-state index < -0.39 is 0 Å². The normalized spacial score (nSPS) is 9.33. The summed E-state index contributed by atoms with van der Waals surface area (Å²) in [4.78, 5) is 0. The molecule has 2 nitrogen and oxygen atoms in total. The van der Waals surface area contributed by atoms with Crippen molar-refractivity contribution in [2.75, 3.05) is 34.2 Å². The van der Waals surface area contributed by atoms with E-state index >= 15 is 0 Å². The minimum absolute atomic E-state index is 0. The molecular weight excluding hydrogens is 249 g/mol. The lowest BCUT2D eigenvalue weighted by molar-refractivity contribution is -0.868. The van der Waals surface area contributed by atoms with Crippen LogP contribution in [0.3, 0.4) is 0 Å². The highest BCUT2D eigenvalue weighted by atomic mass is 79.9. The highest BCUT2D eigenvalue weighted by molar-refractivity contribution is 8.93. The maximum Gasteiger partial charge on any atom is 0.0905 e. The van der Waals surface area contributed by atoms with Crippen LogP contribution in [0.4, 0.5) is 0 Å². The van der Waals surface area contributed by atoms with Gasteiger partial charge in [-0.25, -0.2) is 0 Å². The van der Waals surface area contributed by atoms with E-state index in [1.807, 2.05) is 0 Å². The molecule has 0 aromatic rings. The topological polar surface area (TPSA) is 26.0 Å². The first-order valence-corrected chi connectivity index (χ1v) is 2.57. The van der Waals surface area contributed by atoms with Crippen molar-refractivity contribution >= 4 is 17.0 Å².